The molecule has 160 valence electrons. The maximum atomic E-state index is 13.0. The van der Waals surface area contributed by atoms with Gasteiger partial charge in [0.2, 0.25) is 19.9 Å². The Balaban J connectivity index is 1.80. The maximum absolute atomic E-state index is 13.0. The highest BCUT2D eigenvalue weighted by Crippen LogP contribution is 2.26. The second kappa shape index (κ2) is 8.99. The lowest BCUT2D eigenvalue weighted by Crippen LogP contribution is -2.26. The van der Waals surface area contributed by atoms with E-state index in [1.54, 1.807) is 37.8 Å². The topological polar surface area (TPSA) is 107 Å². The van der Waals surface area contributed by atoms with Gasteiger partial charge in [-0.2, -0.15) is 0 Å². The van der Waals surface area contributed by atoms with Gasteiger partial charge in [0.1, 0.15) is 5.75 Å². The molecule has 30 heavy (non-hydrogen) atoms. The van der Waals surface area contributed by atoms with Crippen LogP contribution in [0, 0.1) is 6.92 Å². The predicted molar refractivity (Wildman–Crippen MR) is 112 cm³/mol. The van der Waals surface area contributed by atoms with Gasteiger partial charge in [0, 0.05) is 25.5 Å². The van der Waals surface area contributed by atoms with E-state index in [0.717, 1.165) is 0 Å². The summed E-state index contributed by atoms with van der Waals surface area (Å²) < 4.78 is 60.9. The van der Waals surface area contributed by atoms with Gasteiger partial charge in [-0.25, -0.2) is 26.5 Å². The van der Waals surface area contributed by atoms with Crippen molar-refractivity contribution in [2.45, 2.75) is 34.6 Å². The summed E-state index contributed by atoms with van der Waals surface area (Å²) in [4.78, 5) is 3.85. The van der Waals surface area contributed by atoms with Gasteiger partial charge in [0.25, 0.3) is 0 Å². The zero-order valence-corrected chi connectivity index (χ0v) is 18.3. The highest BCUT2D eigenvalue weighted by molar-refractivity contribution is 7.91. The molecule has 3 aromatic rings. The van der Waals surface area contributed by atoms with Crippen LogP contribution in [0.2, 0.25) is 0 Å². The van der Waals surface area contributed by atoms with E-state index in [1.807, 2.05) is 4.57 Å². The Morgan fingerprint density at radius 1 is 1.03 bits per heavy atom. The van der Waals surface area contributed by atoms with Gasteiger partial charge in [-0.1, -0.05) is 6.07 Å². The summed E-state index contributed by atoms with van der Waals surface area (Å²) >= 11 is 0. The van der Waals surface area contributed by atoms with Crippen LogP contribution in [0.25, 0.3) is 0 Å². The monoisotopic (exact) mass is 449 g/mol. The Morgan fingerprint density at radius 3 is 2.37 bits per heavy atom. The summed E-state index contributed by atoms with van der Waals surface area (Å²) in [7, 11) is -6.25. The number of nitrogens with one attached hydrogen (secondary N) is 1. The number of sulfonamides is 1. The minimum atomic E-state index is -3.88. The molecule has 0 aliphatic rings. The number of benzene rings is 2. The third-order valence-corrected chi connectivity index (χ3v) is 7.94. The van der Waals surface area contributed by atoms with E-state index in [2.05, 4.69) is 9.71 Å². The molecule has 0 radical (unpaired) electrons. The second-order valence-corrected chi connectivity index (χ2v) is 10.3. The molecule has 0 aliphatic carbocycles. The third-order valence-electron chi connectivity index (χ3n) is 4.57. The standard InChI is InChI=1S/C20H23N3O5S2/c1-16-4-7-19(29(24,25)18-8-5-17(28-2)6-9-18)14-20(16)30(26,27)22-10-3-12-23-13-11-21-15-23/h4-9,11,13-15,22H,3,10,12H2,1-2H3. The number of rotatable bonds is 9. The van der Waals surface area contributed by atoms with E-state index in [-0.39, 0.29) is 21.2 Å². The largest absolute Gasteiger partial charge is 0.497 e. The molecule has 0 atom stereocenters. The summed E-state index contributed by atoms with van der Waals surface area (Å²) in [5.74, 6) is 0.529. The van der Waals surface area contributed by atoms with Crippen LogP contribution in [0.15, 0.2) is 75.9 Å². The molecule has 0 aliphatic heterocycles. The quantitative estimate of drug-likeness (QED) is 0.503. The number of methoxy groups -OCH3 is 1. The first-order chi connectivity index (χ1) is 14.2. The molecule has 0 unspecified atom stereocenters. The summed E-state index contributed by atoms with van der Waals surface area (Å²) in [5, 5.41) is 0. The van der Waals surface area contributed by atoms with E-state index >= 15 is 0 Å². The lowest BCUT2D eigenvalue weighted by Gasteiger charge is -2.12. The normalized spacial score (nSPS) is 12.1. The molecule has 10 heteroatoms. The fraction of sp³-hybridized carbons (Fsp3) is 0.250. The number of aromatic nitrogens is 2. The van der Waals surface area contributed by atoms with Crippen molar-refractivity contribution in [3.63, 3.8) is 0 Å². The molecule has 1 heterocycles. The van der Waals surface area contributed by atoms with Gasteiger partial charge in [0.05, 0.1) is 28.1 Å². The molecular formula is C20H23N3O5S2. The predicted octanol–water partition coefficient (Wildman–Crippen LogP) is 2.40. The molecule has 3 rings (SSSR count). The van der Waals surface area contributed by atoms with Crippen molar-refractivity contribution in [1.29, 1.82) is 0 Å². The number of sulfone groups is 1. The van der Waals surface area contributed by atoms with Crippen LogP contribution in [-0.4, -0.2) is 40.0 Å². The Bertz CT molecular complexity index is 1200. The van der Waals surface area contributed by atoms with Crippen LogP contribution < -0.4 is 9.46 Å². The third kappa shape index (κ3) is 4.89. The van der Waals surface area contributed by atoms with Crippen molar-refractivity contribution in [3.8, 4) is 5.75 Å². The summed E-state index contributed by atoms with van der Waals surface area (Å²) in [6, 6.07) is 10.0. The molecule has 8 nitrogen and oxygen atoms in total. The number of aryl methyl sites for hydroxylation is 2. The van der Waals surface area contributed by atoms with Gasteiger partial charge in [-0.15, -0.1) is 0 Å². The number of hydrogen-bond donors (Lipinski definition) is 1. The zero-order chi connectivity index (χ0) is 21.8. The minimum absolute atomic E-state index is 0.0558. The molecule has 2 aromatic carbocycles. The Morgan fingerprint density at radius 2 is 1.73 bits per heavy atom. The van der Waals surface area contributed by atoms with Crippen LogP contribution >= 0.6 is 0 Å². The van der Waals surface area contributed by atoms with Crippen LogP contribution in [0.4, 0.5) is 0 Å². The Labute approximate surface area is 176 Å². The number of nitrogens with zero attached hydrogens (tertiary/aromatic N) is 2. The van der Waals surface area contributed by atoms with Gasteiger partial charge < -0.3 is 9.30 Å². The van der Waals surface area contributed by atoms with Crippen LogP contribution in [0.3, 0.4) is 0 Å². The fourth-order valence-corrected chi connectivity index (χ4v) is 5.60. The van der Waals surface area contributed by atoms with Crippen molar-refractivity contribution in [3.05, 3.63) is 66.7 Å². The summed E-state index contributed by atoms with van der Waals surface area (Å²) in [5.41, 5.74) is 0.464. The van der Waals surface area contributed by atoms with E-state index in [9.17, 15) is 16.8 Å². The minimum Gasteiger partial charge on any atom is -0.497 e. The molecule has 1 aromatic heterocycles. The lowest BCUT2D eigenvalue weighted by molar-refractivity contribution is 0.414. The van der Waals surface area contributed by atoms with Crippen LogP contribution in [0.1, 0.15) is 12.0 Å². The first-order valence-electron chi connectivity index (χ1n) is 9.19. The Hall–Kier alpha value is -2.69. The molecule has 0 bridgehead atoms. The number of ether oxygens (including phenoxy) is 1. The average molecular weight is 450 g/mol. The van der Waals surface area contributed by atoms with Gasteiger partial charge in [0.15, 0.2) is 0 Å². The van der Waals surface area contributed by atoms with Crippen molar-refractivity contribution in [2.75, 3.05) is 13.7 Å². The first kappa shape index (κ1) is 22.0. The summed E-state index contributed by atoms with van der Waals surface area (Å²) in [6.45, 7) is 2.46. The van der Waals surface area contributed by atoms with Crippen LogP contribution in [-0.2, 0) is 26.4 Å². The van der Waals surface area contributed by atoms with Gasteiger partial charge >= 0.3 is 0 Å². The van der Waals surface area contributed by atoms with E-state index in [1.165, 1.54) is 37.4 Å². The molecule has 0 saturated heterocycles. The van der Waals surface area contributed by atoms with Crippen molar-refractivity contribution in [2.24, 2.45) is 0 Å². The van der Waals surface area contributed by atoms with E-state index < -0.39 is 19.9 Å². The van der Waals surface area contributed by atoms with E-state index in [0.29, 0.717) is 24.3 Å². The zero-order valence-electron chi connectivity index (χ0n) is 16.6. The second-order valence-electron chi connectivity index (χ2n) is 6.66. The van der Waals surface area contributed by atoms with Crippen molar-refractivity contribution < 1.29 is 21.6 Å². The van der Waals surface area contributed by atoms with Gasteiger partial charge in [-0.3, -0.25) is 0 Å². The van der Waals surface area contributed by atoms with Crippen molar-refractivity contribution >= 4 is 19.9 Å². The molecule has 0 amide bonds. The van der Waals surface area contributed by atoms with E-state index in [4.69, 9.17) is 4.74 Å². The number of hydrogen-bond acceptors (Lipinski definition) is 6. The molecule has 0 spiro atoms. The molecule has 0 fully saturated rings. The molecule has 0 saturated carbocycles. The lowest BCUT2D eigenvalue weighted by atomic mass is 10.2. The van der Waals surface area contributed by atoms with Crippen molar-refractivity contribution in [1.82, 2.24) is 14.3 Å². The first-order valence-corrected chi connectivity index (χ1v) is 12.2. The van der Waals surface area contributed by atoms with Gasteiger partial charge in [-0.05, 0) is 55.3 Å². The molecule has 1 N–H and O–H groups in total. The highest BCUT2D eigenvalue weighted by atomic mass is 32.2. The number of imidazole rings is 1. The fourth-order valence-electron chi connectivity index (χ4n) is 2.89. The SMILES string of the molecule is COc1ccc(S(=O)(=O)c2ccc(C)c(S(=O)(=O)NCCCn3ccnc3)c2)cc1. The molecular weight excluding hydrogens is 426 g/mol. The Kier molecular flexibility index (Phi) is 6.59. The smallest absolute Gasteiger partial charge is 0.240 e. The highest BCUT2D eigenvalue weighted by Gasteiger charge is 2.23. The summed E-state index contributed by atoms with van der Waals surface area (Å²) in [6.07, 6.45) is 5.68. The van der Waals surface area contributed by atoms with Crippen LogP contribution in [0.5, 0.6) is 5.75 Å². The maximum Gasteiger partial charge on any atom is 0.240 e. The average Bonchev–Trinajstić information content (AvgIpc) is 3.25.